The average Bonchev–Trinajstić information content (AvgIpc) is 2.99. The molecule has 1 aliphatic heterocycles. The van der Waals surface area contributed by atoms with E-state index in [-0.39, 0.29) is 46.0 Å². The van der Waals surface area contributed by atoms with Gasteiger partial charge in [0.15, 0.2) is 16.6 Å². The topological polar surface area (TPSA) is 80.3 Å². The van der Waals surface area contributed by atoms with Gasteiger partial charge in [-0.3, -0.25) is 4.79 Å². The van der Waals surface area contributed by atoms with Crippen molar-refractivity contribution in [3.8, 4) is 23.7 Å². The van der Waals surface area contributed by atoms with Gasteiger partial charge in [0.05, 0.1) is 12.7 Å². The minimum absolute atomic E-state index is 0.0119. The normalized spacial score (nSPS) is 20.8. The first-order valence-corrected chi connectivity index (χ1v) is 24.4. The third-order valence-electron chi connectivity index (χ3n) is 10.9. The summed E-state index contributed by atoms with van der Waals surface area (Å²) in [5.41, 5.74) is 1.02. The number of esters is 2. The summed E-state index contributed by atoms with van der Waals surface area (Å²) in [6.45, 7) is 32.4. The number of cyclic esters (lactones) is 1. The van der Waals surface area contributed by atoms with E-state index in [0.717, 1.165) is 12.0 Å². The molecule has 1 saturated heterocycles. The third-order valence-corrected chi connectivity index (χ3v) is 19.9. The van der Waals surface area contributed by atoms with Gasteiger partial charge in [-0.05, 0) is 87.4 Å². The third kappa shape index (κ3) is 15.6. The van der Waals surface area contributed by atoms with Crippen LogP contribution < -0.4 is 0 Å². The molecule has 7 nitrogen and oxygen atoms in total. The van der Waals surface area contributed by atoms with E-state index < -0.39 is 34.8 Å². The second kappa shape index (κ2) is 20.7. The first-order valence-electron chi connectivity index (χ1n) is 18.6. The summed E-state index contributed by atoms with van der Waals surface area (Å²) in [5, 5.41) is 0.0958. The Hall–Kier alpha value is -2.41. The predicted molar refractivity (Wildman–Crippen MR) is 215 cm³/mol. The fourth-order valence-electron chi connectivity index (χ4n) is 5.50. The van der Waals surface area contributed by atoms with E-state index in [4.69, 9.17) is 23.1 Å². The Morgan fingerprint density at radius 2 is 1.65 bits per heavy atom. The molecular formula is C42H70O7Si2. The molecule has 0 N–H and O–H groups in total. The molecule has 0 amide bonds. The van der Waals surface area contributed by atoms with Crippen LogP contribution in [0.1, 0.15) is 102 Å². The van der Waals surface area contributed by atoms with Gasteiger partial charge in [0.1, 0.15) is 18.3 Å². The van der Waals surface area contributed by atoms with Crippen molar-refractivity contribution in [1.82, 2.24) is 0 Å². The van der Waals surface area contributed by atoms with Crippen molar-refractivity contribution < 1.29 is 32.7 Å². The van der Waals surface area contributed by atoms with Crippen molar-refractivity contribution in [2.45, 2.75) is 163 Å². The fourth-order valence-corrected chi connectivity index (χ4v) is 7.65. The number of ether oxygens (including phenoxy) is 3. The Morgan fingerprint density at radius 1 is 1.02 bits per heavy atom. The summed E-state index contributed by atoms with van der Waals surface area (Å²) in [4.78, 5) is 25.9. The molecule has 0 radical (unpaired) electrons. The maximum atomic E-state index is 13.5. The van der Waals surface area contributed by atoms with Gasteiger partial charge in [-0.2, -0.15) is 0 Å². The maximum absolute atomic E-state index is 13.5. The fraction of sp³-hybridized carbons (Fsp3) is 0.714. The highest BCUT2D eigenvalue weighted by Crippen LogP contribution is 2.39. The quantitative estimate of drug-likeness (QED) is 0.0483. The molecule has 7 atom stereocenters. The first-order chi connectivity index (χ1) is 23.5. The highest BCUT2D eigenvalue weighted by Gasteiger charge is 2.41. The largest absolute Gasteiger partial charge is 0.462 e. The summed E-state index contributed by atoms with van der Waals surface area (Å²) >= 11 is 0. The Labute approximate surface area is 314 Å². The summed E-state index contributed by atoms with van der Waals surface area (Å²) in [7, 11) is -2.42. The van der Waals surface area contributed by atoms with Gasteiger partial charge in [0.2, 0.25) is 0 Å². The lowest BCUT2D eigenvalue weighted by atomic mass is 9.87. The van der Waals surface area contributed by atoms with E-state index >= 15 is 0 Å². The highest BCUT2D eigenvalue weighted by molar-refractivity contribution is 6.74. The smallest absolute Gasteiger partial charge is 0.330 e. The van der Waals surface area contributed by atoms with Crippen molar-refractivity contribution in [1.29, 1.82) is 0 Å². The second-order valence-electron chi connectivity index (χ2n) is 17.1. The van der Waals surface area contributed by atoms with Crippen molar-refractivity contribution in [3.05, 3.63) is 36.0 Å². The molecule has 0 spiro atoms. The highest BCUT2D eigenvalue weighted by atomic mass is 28.4. The number of hydrogen-bond acceptors (Lipinski definition) is 7. The molecule has 9 heteroatoms. The van der Waals surface area contributed by atoms with E-state index in [0.29, 0.717) is 25.9 Å². The number of allylic oxidation sites excluding steroid dienone is 2. The van der Waals surface area contributed by atoms with E-state index in [1.54, 1.807) is 20.1 Å². The molecule has 0 saturated carbocycles. The second-order valence-corrected chi connectivity index (χ2v) is 26.7. The van der Waals surface area contributed by atoms with Gasteiger partial charge >= 0.3 is 11.9 Å². The van der Waals surface area contributed by atoms with Crippen LogP contribution in [0.15, 0.2) is 36.0 Å². The van der Waals surface area contributed by atoms with Crippen molar-refractivity contribution in [3.63, 3.8) is 0 Å². The molecule has 0 bridgehead atoms. The van der Waals surface area contributed by atoms with Crippen LogP contribution in [0.3, 0.4) is 0 Å². The van der Waals surface area contributed by atoms with E-state index in [9.17, 15) is 9.59 Å². The molecule has 1 aliphatic rings. The Bertz CT molecular complexity index is 1340. The van der Waals surface area contributed by atoms with Gasteiger partial charge in [0.25, 0.3) is 0 Å². The molecule has 0 aliphatic carbocycles. The maximum Gasteiger partial charge on any atom is 0.330 e. The first kappa shape index (κ1) is 46.6. The molecule has 0 aromatic carbocycles. The van der Waals surface area contributed by atoms with Gasteiger partial charge in [-0.25, -0.2) is 4.79 Å². The van der Waals surface area contributed by atoms with Crippen LogP contribution in [0.25, 0.3) is 0 Å². The Morgan fingerprint density at radius 3 is 2.20 bits per heavy atom. The molecule has 0 aromatic heterocycles. The minimum Gasteiger partial charge on any atom is -0.462 e. The number of carbonyl (C=O) groups is 2. The van der Waals surface area contributed by atoms with Crippen LogP contribution in [-0.2, 0) is 32.7 Å². The van der Waals surface area contributed by atoms with Crippen LogP contribution in [0.4, 0.5) is 0 Å². The lowest BCUT2D eigenvalue weighted by molar-refractivity contribution is -0.158. The van der Waals surface area contributed by atoms with Gasteiger partial charge in [-0.15, -0.1) is 11.8 Å². The van der Waals surface area contributed by atoms with E-state index in [2.05, 4.69) is 104 Å². The lowest BCUT2D eigenvalue weighted by Crippen LogP contribution is -2.45. The molecule has 1 heterocycles. The van der Waals surface area contributed by atoms with Crippen LogP contribution in [0.2, 0.25) is 36.3 Å². The van der Waals surface area contributed by atoms with E-state index in [1.165, 1.54) is 6.08 Å². The van der Waals surface area contributed by atoms with Crippen molar-refractivity contribution in [2.24, 2.45) is 17.8 Å². The number of methoxy groups -OCH3 is 1. The van der Waals surface area contributed by atoms with Gasteiger partial charge in [0, 0.05) is 37.9 Å². The molecule has 0 aromatic rings. The molecule has 1 fully saturated rings. The number of hydrogen-bond donors (Lipinski definition) is 0. The molecule has 51 heavy (non-hydrogen) atoms. The standard InChI is InChI=1S/C42H70O7Si2/c1-17-19-20-23-31(3)36-28-34(29-39(44)47-36)24-21-25-38(43)48-37(30-35(22-18-2)49-51(15,16)42(9,10)11)33(5)40(45-12)32(4)26-27-46-50(13,14)41(6,7)8/h20-21,23,25-26,31,33-37,40H,24,27-30H2,1-16H3/b23-20+,25-21+,32-26+/t31-,33+,34-,35-,36-,37+,40+/m1/s1. The SMILES string of the molecule is CC#C/C=C/[C@@H](C)[C@H]1C[C@@H](C/C=C/C(=O)O[C@@H](C[C@@H](C#CC)O[Si](C)(C)C(C)(C)C)[C@H](C)[C@@H](OC)/C(C)=C/CO[Si](C)(C)C(C)(C)C)CC(=O)O1. The zero-order chi connectivity index (χ0) is 39.2. The molecule has 1 rings (SSSR count). The van der Waals surface area contributed by atoms with Crippen LogP contribution in [0.5, 0.6) is 0 Å². The molecule has 288 valence electrons. The van der Waals surface area contributed by atoms with Crippen LogP contribution in [-0.4, -0.2) is 66.7 Å². The van der Waals surface area contributed by atoms with Gasteiger partial charge < -0.3 is 23.1 Å². The molecular weight excluding hydrogens is 673 g/mol. The van der Waals surface area contributed by atoms with Gasteiger partial charge in [-0.1, -0.05) is 85.5 Å². The average molecular weight is 743 g/mol. The minimum atomic E-state index is -2.19. The van der Waals surface area contributed by atoms with E-state index in [1.807, 2.05) is 32.9 Å². The number of rotatable bonds is 17. The summed E-state index contributed by atoms with van der Waals surface area (Å²) in [5.74, 6) is 11.3. The summed E-state index contributed by atoms with van der Waals surface area (Å²) in [6, 6.07) is 0. The zero-order valence-electron chi connectivity index (χ0n) is 34.8. The van der Waals surface area contributed by atoms with Crippen LogP contribution in [0, 0.1) is 41.4 Å². The van der Waals surface area contributed by atoms with Crippen molar-refractivity contribution in [2.75, 3.05) is 13.7 Å². The predicted octanol–water partition coefficient (Wildman–Crippen LogP) is 9.80. The lowest BCUT2D eigenvalue weighted by Gasteiger charge is -2.39. The molecule has 0 unspecified atom stereocenters. The summed E-state index contributed by atoms with van der Waals surface area (Å²) in [6.07, 6.45) is 9.71. The number of carbonyl (C=O) groups excluding carboxylic acids is 2. The Kier molecular flexibility index (Phi) is 19.0. The summed E-state index contributed by atoms with van der Waals surface area (Å²) < 4.78 is 31.2. The van der Waals surface area contributed by atoms with Crippen LogP contribution >= 0.6 is 0 Å². The zero-order valence-corrected chi connectivity index (χ0v) is 36.8. The monoisotopic (exact) mass is 742 g/mol. The van der Waals surface area contributed by atoms with Crippen molar-refractivity contribution >= 4 is 28.6 Å². The Balaban J connectivity index is 3.27.